The summed E-state index contributed by atoms with van der Waals surface area (Å²) < 4.78 is 40.0. The summed E-state index contributed by atoms with van der Waals surface area (Å²) in [4.78, 5) is 10.3. The smallest absolute Gasteiger partial charge is 0.478 e. The number of carboxylic acids is 1. The van der Waals surface area contributed by atoms with Crippen molar-refractivity contribution in [2.24, 2.45) is 0 Å². The van der Waals surface area contributed by atoms with Crippen molar-refractivity contribution in [3.05, 3.63) is 28.2 Å². The van der Waals surface area contributed by atoms with Crippen LogP contribution in [0, 0.1) is 0 Å². The van der Waals surface area contributed by atoms with E-state index in [-0.39, 0.29) is 15.7 Å². The lowest BCUT2D eigenvalue weighted by atomic mass is 10.1. The van der Waals surface area contributed by atoms with Gasteiger partial charge in [0.2, 0.25) is 0 Å². The van der Waals surface area contributed by atoms with Crippen molar-refractivity contribution in [2.75, 3.05) is 5.73 Å². The Morgan fingerprint density at radius 3 is 2.56 bits per heavy atom. The molecule has 0 atom stereocenters. The van der Waals surface area contributed by atoms with E-state index < -0.39 is 18.1 Å². The second kappa shape index (κ2) is 5.30. The molecule has 0 fully saturated rings. The van der Waals surface area contributed by atoms with Crippen molar-refractivity contribution in [1.82, 2.24) is 0 Å². The zero-order chi connectivity index (χ0) is 13.9. The molecule has 18 heavy (non-hydrogen) atoms. The SMILES string of the molecule is Nc1cc(/C=C/C(=O)O)cc(OC(F)(F)F)c1Br. The van der Waals surface area contributed by atoms with E-state index >= 15 is 0 Å². The second-order valence-electron chi connectivity index (χ2n) is 3.14. The first-order chi connectivity index (χ1) is 8.19. The number of hydrogen-bond donors (Lipinski definition) is 2. The molecule has 0 aliphatic heterocycles. The molecule has 4 nitrogen and oxygen atoms in total. The van der Waals surface area contributed by atoms with Crippen molar-refractivity contribution in [3.8, 4) is 5.75 Å². The Bertz CT molecular complexity index is 500. The van der Waals surface area contributed by atoms with E-state index in [0.29, 0.717) is 0 Å². The van der Waals surface area contributed by atoms with Gasteiger partial charge in [0.15, 0.2) is 0 Å². The number of halogens is 4. The minimum atomic E-state index is -4.86. The van der Waals surface area contributed by atoms with Gasteiger partial charge in [-0.1, -0.05) is 0 Å². The molecule has 1 aromatic rings. The van der Waals surface area contributed by atoms with Crippen LogP contribution >= 0.6 is 15.9 Å². The van der Waals surface area contributed by atoms with Gasteiger partial charge < -0.3 is 15.6 Å². The van der Waals surface area contributed by atoms with E-state index in [1.807, 2.05) is 0 Å². The Morgan fingerprint density at radius 1 is 1.44 bits per heavy atom. The van der Waals surface area contributed by atoms with Gasteiger partial charge in [0.05, 0.1) is 10.2 Å². The van der Waals surface area contributed by atoms with Gasteiger partial charge in [-0.05, 0) is 39.7 Å². The van der Waals surface area contributed by atoms with E-state index in [1.54, 1.807) is 0 Å². The quantitative estimate of drug-likeness (QED) is 0.661. The number of rotatable bonds is 3. The number of carboxylic acid groups (broad SMARTS) is 1. The van der Waals surface area contributed by atoms with E-state index in [1.165, 1.54) is 6.07 Å². The zero-order valence-electron chi connectivity index (χ0n) is 8.66. The topological polar surface area (TPSA) is 72.6 Å². The molecule has 0 bridgehead atoms. The van der Waals surface area contributed by atoms with E-state index in [2.05, 4.69) is 20.7 Å². The van der Waals surface area contributed by atoms with Crippen molar-refractivity contribution < 1.29 is 27.8 Å². The lowest BCUT2D eigenvalue weighted by Gasteiger charge is -2.12. The molecule has 0 unspecified atom stereocenters. The molecule has 3 N–H and O–H groups in total. The summed E-state index contributed by atoms with van der Waals surface area (Å²) >= 11 is 2.86. The van der Waals surface area contributed by atoms with Gasteiger partial charge in [-0.25, -0.2) is 4.79 Å². The number of anilines is 1. The van der Waals surface area contributed by atoms with Crippen LogP contribution in [0.1, 0.15) is 5.56 Å². The third-order valence-electron chi connectivity index (χ3n) is 1.73. The molecule has 0 aromatic heterocycles. The summed E-state index contributed by atoms with van der Waals surface area (Å²) in [5.41, 5.74) is 5.65. The highest BCUT2D eigenvalue weighted by molar-refractivity contribution is 9.10. The van der Waals surface area contributed by atoms with E-state index in [0.717, 1.165) is 18.2 Å². The Kier molecular flexibility index (Phi) is 4.23. The number of carbonyl (C=O) groups is 1. The van der Waals surface area contributed by atoms with Gasteiger partial charge in [0.25, 0.3) is 0 Å². The summed E-state index contributed by atoms with van der Waals surface area (Å²) in [6.07, 6.45) is -2.97. The van der Waals surface area contributed by atoms with Crippen LogP contribution in [-0.4, -0.2) is 17.4 Å². The molecule has 0 aliphatic carbocycles. The fourth-order valence-corrected chi connectivity index (χ4v) is 1.41. The largest absolute Gasteiger partial charge is 0.573 e. The number of hydrogen-bond acceptors (Lipinski definition) is 3. The molecule has 98 valence electrons. The molecular weight excluding hydrogens is 319 g/mol. The van der Waals surface area contributed by atoms with E-state index in [4.69, 9.17) is 10.8 Å². The predicted molar refractivity (Wildman–Crippen MR) is 61.9 cm³/mol. The van der Waals surface area contributed by atoms with Crippen molar-refractivity contribution in [2.45, 2.75) is 6.36 Å². The molecule has 0 spiro atoms. The minimum Gasteiger partial charge on any atom is -0.478 e. The second-order valence-corrected chi connectivity index (χ2v) is 3.93. The summed E-state index contributed by atoms with van der Waals surface area (Å²) in [6, 6.07) is 2.33. The molecule has 0 radical (unpaired) electrons. The monoisotopic (exact) mass is 325 g/mol. The molecule has 0 aliphatic rings. The van der Waals surface area contributed by atoms with Crippen molar-refractivity contribution in [1.29, 1.82) is 0 Å². The van der Waals surface area contributed by atoms with Crippen LogP contribution < -0.4 is 10.5 Å². The lowest BCUT2D eigenvalue weighted by molar-refractivity contribution is -0.274. The fraction of sp³-hybridized carbons (Fsp3) is 0.100. The summed E-state index contributed by atoms with van der Waals surface area (Å²) in [5.74, 6) is -1.76. The average molecular weight is 326 g/mol. The zero-order valence-corrected chi connectivity index (χ0v) is 10.2. The number of ether oxygens (including phenoxy) is 1. The van der Waals surface area contributed by atoms with Crippen molar-refractivity contribution in [3.63, 3.8) is 0 Å². The first-order valence-electron chi connectivity index (χ1n) is 4.45. The summed E-state index contributed by atoms with van der Waals surface area (Å²) in [7, 11) is 0. The summed E-state index contributed by atoms with van der Waals surface area (Å²) in [6.45, 7) is 0. The molecule has 0 heterocycles. The van der Waals surface area contributed by atoms with Crippen LogP contribution in [0.25, 0.3) is 6.08 Å². The first-order valence-corrected chi connectivity index (χ1v) is 5.24. The maximum absolute atomic E-state index is 12.1. The Hall–Kier alpha value is -1.70. The highest BCUT2D eigenvalue weighted by atomic mass is 79.9. The highest BCUT2D eigenvalue weighted by Gasteiger charge is 2.32. The Morgan fingerprint density at radius 2 is 2.06 bits per heavy atom. The van der Waals surface area contributed by atoms with Gasteiger partial charge in [-0.3, -0.25) is 0 Å². The number of aliphatic carboxylic acids is 1. The van der Waals surface area contributed by atoms with Gasteiger partial charge >= 0.3 is 12.3 Å². The Labute approximate surface area is 108 Å². The van der Waals surface area contributed by atoms with Crippen LogP contribution in [0.2, 0.25) is 0 Å². The number of nitrogen functional groups attached to an aromatic ring is 1. The van der Waals surface area contributed by atoms with Crippen LogP contribution in [-0.2, 0) is 4.79 Å². The predicted octanol–water partition coefficient (Wildman–Crippen LogP) is 3.03. The van der Waals surface area contributed by atoms with Gasteiger partial charge in [0.1, 0.15) is 5.75 Å². The van der Waals surface area contributed by atoms with E-state index in [9.17, 15) is 18.0 Å². The van der Waals surface area contributed by atoms with Crippen molar-refractivity contribution >= 4 is 33.7 Å². The maximum Gasteiger partial charge on any atom is 0.573 e. The number of benzene rings is 1. The number of nitrogens with two attached hydrogens (primary N) is 1. The molecule has 0 saturated heterocycles. The summed E-state index contributed by atoms with van der Waals surface area (Å²) in [5, 5.41) is 8.42. The Balaban J connectivity index is 3.14. The molecule has 1 rings (SSSR count). The van der Waals surface area contributed by atoms with Crippen LogP contribution in [0.5, 0.6) is 5.75 Å². The molecule has 0 amide bonds. The third kappa shape index (κ3) is 4.28. The van der Waals surface area contributed by atoms with Crippen LogP contribution in [0.15, 0.2) is 22.7 Å². The van der Waals surface area contributed by atoms with Gasteiger partial charge in [-0.2, -0.15) is 0 Å². The van der Waals surface area contributed by atoms with Gasteiger partial charge in [0, 0.05) is 6.08 Å². The molecule has 1 aromatic carbocycles. The molecule has 0 saturated carbocycles. The lowest BCUT2D eigenvalue weighted by Crippen LogP contribution is -2.17. The standard InChI is InChI=1S/C10H7BrF3NO3/c11-9-6(15)3-5(1-2-8(16)17)4-7(9)18-10(12,13)14/h1-4H,15H2,(H,16,17)/b2-1+. The van der Waals surface area contributed by atoms with Gasteiger partial charge in [-0.15, -0.1) is 13.2 Å². The number of alkyl halides is 3. The highest BCUT2D eigenvalue weighted by Crippen LogP contribution is 2.36. The normalized spacial score (nSPS) is 11.8. The van der Waals surface area contributed by atoms with Crippen LogP contribution in [0.4, 0.5) is 18.9 Å². The third-order valence-corrected chi connectivity index (χ3v) is 2.58. The average Bonchev–Trinajstić information content (AvgIpc) is 2.20. The molecular formula is C10H7BrF3NO3. The maximum atomic E-state index is 12.1. The minimum absolute atomic E-state index is 0.00166. The van der Waals surface area contributed by atoms with Crippen LogP contribution in [0.3, 0.4) is 0 Å². The fourth-order valence-electron chi connectivity index (χ4n) is 1.10. The molecule has 8 heteroatoms. The first kappa shape index (κ1) is 14.4.